The van der Waals surface area contributed by atoms with E-state index in [1.807, 2.05) is 0 Å². The summed E-state index contributed by atoms with van der Waals surface area (Å²) >= 11 is 0. The van der Waals surface area contributed by atoms with Gasteiger partial charge in [-0.05, 0) is 57.5 Å². The molecule has 0 heterocycles. The van der Waals surface area contributed by atoms with Crippen LogP contribution in [-0.4, -0.2) is 24.2 Å². The molecule has 10 heteroatoms. The lowest BCUT2D eigenvalue weighted by Crippen LogP contribution is -2.19. The monoisotopic (exact) mass is 437 g/mol. The summed E-state index contributed by atoms with van der Waals surface area (Å²) in [6.45, 7) is 7.04. The molecule has 1 unspecified atom stereocenters. The minimum absolute atomic E-state index is 0.0339. The van der Waals surface area contributed by atoms with Crippen LogP contribution in [0.5, 0.6) is 5.75 Å². The second kappa shape index (κ2) is 9.93. The van der Waals surface area contributed by atoms with E-state index in [2.05, 4.69) is 5.32 Å². The van der Waals surface area contributed by atoms with E-state index in [4.69, 9.17) is 19.5 Å². The summed E-state index contributed by atoms with van der Waals surface area (Å²) in [5.74, 6) is -0.290. The first-order chi connectivity index (χ1) is 14.1. The van der Waals surface area contributed by atoms with Crippen molar-refractivity contribution in [3.8, 4) is 5.75 Å². The standard InChI is InChI=1S/C20H28N3O6P/c1-13(2)28-30(26,29-14(3)4)20(15-6-9-17(27-5)10-7-15)22-16-8-11-18(21)19(12-16)23(24)25/h6-14,20,22H,21H2,1-5H3. The molecular weight excluding hydrogens is 409 g/mol. The summed E-state index contributed by atoms with van der Waals surface area (Å²) in [7, 11) is -2.21. The number of rotatable bonds is 10. The number of nitro groups is 1. The molecule has 0 saturated heterocycles. The van der Waals surface area contributed by atoms with Gasteiger partial charge < -0.3 is 24.8 Å². The van der Waals surface area contributed by atoms with E-state index in [-0.39, 0.29) is 23.6 Å². The molecule has 0 aliphatic carbocycles. The lowest BCUT2D eigenvalue weighted by Gasteiger charge is -2.31. The topological polar surface area (TPSA) is 126 Å². The zero-order valence-corrected chi connectivity index (χ0v) is 18.6. The van der Waals surface area contributed by atoms with E-state index in [9.17, 15) is 14.7 Å². The van der Waals surface area contributed by atoms with Crippen LogP contribution >= 0.6 is 7.60 Å². The summed E-state index contributed by atoms with van der Waals surface area (Å²) in [5, 5.41) is 14.4. The number of nitro benzene ring substituents is 1. The van der Waals surface area contributed by atoms with Gasteiger partial charge in [-0.3, -0.25) is 14.7 Å². The van der Waals surface area contributed by atoms with E-state index in [0.29, 0.717) is 17.0 Å². The molecular formula is C20H28N3O6P. The Morgan fingerprint density at radius 2 is 1.60 bits per heavy atom. The van der Waals surface area contributed by atoms with Gasteiger partial charge in [0, 0.05) is 11.8 Å². The van der Waals surface area contributed by atoms with Crippen LogP contribution in [-0.2, 0) is 13.6 Å². The SMILES string of the molecule is COc1ccc(C(Nc2ccc(N)c([N+](=O)[O-])c2)P(=O)(OC(C)C)OC(C)C)cc1. The lowest BCUT2D eigenvalue weighted by molar-refractivity contribution is -0.383. The molecule has 0 saturated carbocycles. The number of nitrogens with one attached hydrogen (secondary N) is 1. The largest absolute Gasteiger partial charge is 0.497 e. The van der Waals surface area contributed by atoms with Crippen LogP contribution in [0.2, 0.25) is 0 Å². The maximum Gasteiger partial charge on any atom is 0.357 e. The predicted octanol–water partition coefficient (Wildman–Crippen LogP) is 5.34. The van der Waals surface area contributed by atoms with E-state index < -0.39 is 18.3 Å². The first-order valence-electron chi connectivity index (χ1n) is 9.46. The Bertz CT molecular complexity index is 903. The van der Waals surface area contributed by atoms with Gasteiger partial charge in [-0.15, -0.1) is 0 Å². The molecule has 9 nitrogen and oxygen atoms in total. The zero-order chi connectivity index (χ0) is 22.5. The fourth-order valence-electron chi connectivity index (χ4n) is 2.81. The van der Waals surface area contributed by atoms with Crippen molar-refractivity contribution < 1.29 is 23.3 Å². The molecule has 0 fully saturated rings. The molecule has 1 atom stereocenters. The Kier molecular flexibility index (Phi) is 7.83. The maximum absolute atomic E-state index is 13.9. The number of nitrogens with two attached hydrogens (primary N) is 1. The van der Waals surface area contributed by atoms with E-state index in [1.54, 1.807) is 65.1 Å². The van der Waals surface area contributed by atoms with Crippen LogP contribution in [0.25, 0.3) is 0 Å². The van der Waals surface area contributed by atoms with Crippen LogP contribution in [0.3, 0.4) is 0 Å². The van der Waals surface area contributed by atoms with Crippen LogP contribution in [0.4, 0.5) is 17.1 Å². The molecule has 0 amide bonds. The number of hydrogen-bond acceptors (Lipinski definition) is 8. The number of benzene rings is 2. The highest BCUT2D eigenvalue weighted by Crippen LogP contribution is 2.62. The van der Waals surface area contributed by atoms with Gasteiger partial charge in [0.2, 0.25) is 0 Å². The summed E-state index contributed by atoms with van der Waals surface area (Å²) < 4.78 is 30.6. The minimum Gasteiger partial charge on any atom is -0.497 e. The molecule has 0 bridgehead atoms. The van der Waals surface area contributed by atoms with Gasteiger partial charge in [0.15, 0.2) is 5.78 Å². The van der Waals surface area contributed by atoms with Gasteiger partial charge in [-0.1, -0.05) is 12.1 Å². The highest BCUT2D eigenvalue weighted by molar-refractivity contribution is 7.54. The van der Waals surface area contributed by atoms with E-state index in [1.165, 1.54) is 12.1 Å². The Hall–Kier alpha value is -2.61. The number of methoxy groups -OCH3 is 1. The summed E-state index contributed by atoms with van der Waals surface area (Å²) in [6, 6.07) is 11.2. The van der Waals surface area contributed by atoms with Crippen molar-refractivity contribution in [3.63, 3.8) is 0 Å². The number of ether oxygens (including phenoxy) is 1. The number of nitrogen functional groups attached to an aromatic ring is 1. The van der Waals surface area contributed by atoms with Gasteiger partial charge in [-0.25, -0.2) is 0 Å². The second-order valence-electron chi connectivity index (χ2n) is 7.20. The van der Waals surface area contributed by atoms with Gasteiger partial charge >= 0.3 is 7.60 Å². The van der Waals surface area contributed by atoms with Crippen molar-refractivity contribution in [1.82, 2.24) is 0 Å². The normalized spacial score (nSPS) is 12.8. The van der Waals surface area contributed by atoms with E-state index >= 15 is 0 Å². The summed E-state index contributed by atoms with van der Waals surface area (Å²) in [5.41, 5.74) is 6.45. The number of nitrogens with zero attached hydrogens (tertiary/aromatic N) is 1. The van der Waals surface area contributed by atoms with E-state index in [0.717, 1.165) is 0 Å². The number of hydrogen-bond donors (Lipinski definition) is 2. The Balaban J connectivity index is 2.55. The molecule has 2 rings (SSSR count). The fraction of sp³-hybridized carbons (Fsp3) is 0.400. The molecule has 2 aromatic rings. The Labute approximate surface area is 176 Å². The average molecular weight is 437 g/mol. The molecule has 2 aromatic carbocycles. The molecule has 0 spiro atoms. The molecule has 164 valence electrons. The summed E-state index contributed by atoms with van der Waals surface area (Å²) in [6.07, 6.45) is -0.754. The average Bonchev–Trinajstić information content (AvgIpc) is 2.65. The molecule has 0 radical (unpaired) electrons. The second-order valence-corrected chi connectivity index (χ2v) is 9.22. The van der Waals surface area contributed by atoms with Crippen molar-refractivity contribution in [3.05, 3.63) is 58.1 Å². The van der Waals surface area contributed by atoms with Crippen LogP contribution in [0, 0.1) is 10.1 Å². The lowest BCUT2D eigenvalue weighted by atomic mass is 10.2. The molecule has 30 heavy (non-hydrogen) atoms. The quantitative estimate of drug-likeness (QED) is 0.221. The van der Waals surface area contributed by atoms with Gasteiger partial charge in [-0.2, -0.15) is 0 Å². The molecule has 0 aliphatic heterocycles. The van der Waals surface area contributed by atoms with Gasteiger partial charge in [0.25, 0.3) is 5.69 Å². The smallest absolute Gasteiger partial charge is 0.357 e. The summed E-state index contributed by atoms with van der Waals surface area (Å²) in [4.78, 5) is 10.7. The van der Waals surface area contributed by atoms with Gasteiger partial charge in [0.1, 0.15) is 11.4 Å². The zero-order valence-electron chi connectivity index (χ0n) is 17.7. The predicted molar refractivity (Wildman–Crippen MR) is 117 cm³/mol. The first kappa shape index (κ1) is 23.7. The van der Waals surface area contributed by atoms with Crippen LogP contribution in [0.15, 0.2) is 42.5 Å². The third-order valence-electron chi connectivity index (χ3n) is 3.99. The highest BCUT2D eigenvalue weighted by atomic mass is 31.2. The van der Waals surface area contributed by atoms with Gasteiger partial charge in [0.05, 0.1) is 24.2 Å². The van der Waals surface area contributed by atoms with Crippen LogP contribution in [0.1, 0.15) is 39.0 Å². The molecule has 0 aromatic heterocycles. The van der Waals surface area contributed by atoms with Crippen molar-refractivity contribution in [2.75, 3.05) is 18.2 Å². The minimum atomic E-state index is -3.76. The highest BCUT2D eigenvalue weighted by Gasteiger charge is 2.39. The Morgan fingerprint density at radius 3 is 2.07 bits per heavy atom. The van der Waals surface area contributed by atoms with Crippen molar-refractivity contribution >= 4 is 24.7 Å². The Morgan fingerprint density at radius 1 is 1.03 bits per heavy atom. The van der Waals surface area contributed by atoms with Crippen molar-refractivity contribution in [1.29, 1.82) is 0 Å². The fourth-order valence-corrected chi connectivity index (χ4v) is 5.13. The molecule has 0 aliphatic rings. The first-order valence-corrected chi connectivity index (χ1v) is 11.1. The molecule has 3 N–H and O–H groups in total. The van der Waals surface area contributed by atoms with Crippen molar-refractivity contribution in [2.24, 2.45) is 0 Å². The third-order valence-corrected chi connectivity index (χ3v) is 6.48. The van der Waals surface area contributed by atoms with Crippen LogP contribution < -0.4 is 15.8 Å². The number of anilines is 2. The third kappa shape index (κ3) is 5.95. The van der Waals surface area contributed by atoms with Crippen molar-refractivity contribution in [2.45, 2.75) is 45.7 Å². The maximum atomic E-state index is 13.9.